The molecule has 2 N–H and O–H groups in total. The van der Waals surface area contributed by atoms with Gasteiger partial charge in [-0.25, -0.2) is 9.50 Å². The molecule has 3 heterocycles. The lowest BCUT2D eigenvalue weighted by Gasteiger charge is -2.08. The summed E-state index contributed by atoms with van der Waals surface area (Å²) in [5, 5.41) is 6.56. The van der Waals surface area contributed by atoms with Crippen molar-refractivity contribution in [2.45, 2.75) is 13.3 Å². The summed E-state index contributed by atoms with van der Waals surface area (Å²) >= 11 is 0. The van der Waals surface area contributed by atoms with Crippen LogP contribution in [0.5, 0.6) is 0 Å². The lowest BCUT2D eigenvalue weighted by atomic mass is 10.1. The Morgan fingerprint density at radius 2 is 2.16 bits per heavy atom. The summed E-state index contributed by atoms with van der Waals surface area (Å²) in [6.07, 6.45) is 3.32. The molecular weight excluding hydrogens is 318 g/mol. The molecule has 0 aliphatic carbocycles. The first kappa shape index (κ1) is 15.1. The van der Waals surface area contributed by atoms with Gasteiger partial charge >= 0.3 is 0 Å². The number of pyridine rings is 1. The Morgan fingerprint density at radius 1 is 1.28 bits per heavy atom. The average Bonchev–Trinajstić information content (AvgIpc) is 3.07. The Morgan fingerprint density at radius 3 is 3.04 bits per heavy atom. The number of benzene rings is 1. The molecular formula is C18H15N5O2. The van der Waals surface area contributed by atoms with Crippen molar-refractivity contribution in [3.8, 4) is 0 Å². The minimum atomic E-state index is -0.267. The van der Waals surface area contributed by atoms with Crippen LogP contribution in [0.25, 0.3) is 16.6 Å². The molecule has 0 aliphatic rings. The highest BCUT2D eigenvalue weighted by atomic mass is 16.2. The second kappa shape index (κ2) is 5.86. The van der Waals surface area contributed by atoms with Gasteiger partial charge < -0.3 is 5.32 Å². The number of carbonyl (C=O) groups is 1. The van der Waals surface area contributed by atoms with Gasteiger partial charge in [-0.3, -0.25) is 19.7 Å². The number of nitrogens with one attached hydrogen (secondary N) is 2. The third-order valence-electron chi connectivity index (χ3n) is 4.07. The molecule has 1 aromatic carbocycles. The molecule has 0 spiro atoms. The number of amides is 1. The van der Waals surface area contributed by atoms with Crippen LogP contribution in [-0.2, 0) is 11.2 Å². The molecule has 4 rings (SSSR count). The summed E-state index contributed by atoms with van der Waals surface area (Å²) in [5.74, 6) is -0.267. The largest absolute Gasteiger partial charge is 0.326 e. The number of H-pyrrole nitrogens is 1. The predicted molar refractivity (Wildman–Crippen MR) is 94.6 cm³/mol. The summed E-state index contributed by atoms with van der Waals surface area (Å²) in [4.78, 5) is 33.4. The van der Waals surface area contributed by atoms with E-state index < -0.39 is 0 Å². The van der Waals surface area contributed by atoms with Crippen LogP contribution >= 0.6 is 0 Å². The van der Waals surface area contributed by atoms with Gasteiger partial charge in [-0.2, -0.15) is 0 Å². The smallest absolute Gasteiger partial charge is 0.276 e. The zero-order valence-electron chi connectivity index (χ0n) is 13.5. The van der Waals surface area contributed by atoms with Crippen molar-refractivity contribution in [3.63, 3.8) is 0 Å². The van der Waals surface area contributed by atoms with E-state index in [-0.39, 0.29) is 17.9 Å². The molecule has 7 nitrogen and oxygen atoms in total. The Bertz CT molecular complexity index is 1160. The maximum absolute atomic E-state index is 12.5. The zero-order chi connectivity index (χ0) is 17.4. The molecule has 0 saturated heterocycles. The quantitative estimate of drug-likeness (QED) is 0.600. The predicted octanol–water partition coefficient (Wildman–Crippen LogP) is 2.06. The number of hydrogen-bond acceptors (Lipinski definition) is 4. The van der Waals surface area contributed by atoms with Crippen molar-refractivity contribution < 1.29 is 4.79 Å². The fraction of sp³-hybridized carbons (Fsp3) is 0.111. The third-order valence-corrected chi connectivity index (χ3v) is 4.07. The van der Waals surface area contributed by atoms with Gasteiger partial charge in [0.1, 0.15) is 0 Å². The van der Waals surface area contributed by atoms with E-state index in [4.69, 9.17) is 0 Å². The third kappa shape index (κ3) is 2.76. The van der Waals surface area contributed by atoms with Gasteiger partial charge in [0.2, 0.25) is 5.91 Å². The number of fused-ring (bicyclic) bond motifs is 2. The fourth-order valence-electron chi connectivity index (χ4n) is 2.83. The highest BCUT2D eigenvalue weighted by Crippen LogP contribution is 2.17. The van der Waals surface area contributed by atoms with Crippen LogP contribution in [0.3, 0.4) is 0 Å². The first-order valence-corrected chi connectivity index (χ1v) is 7.82. The fourth-order valence-corrected chi connectivity index (χ4v) is 2.83. The first-order chi connectivity index (χ1) is 12.1. The van der Waals surface area contributed by atoms with Crippen molar-refractivity contribution in [2.24, 2.45) is 0 Å². The molecule has 0 aliphatic heterocycles. The molecule has 25 heavy (non-hydrogen) atoms. The average molecular weight is 333 g/mol. The summed E-state index contributed by atoms with van der Waals surface area (Å²) in [6, 6.07) is 11.0. The number of aryl methyl sites for hydroxylation is 1. The zero-order valence-corrected chi connectivity index (χ0v) is 13.5. The van der Waals surface area contributed by atoms with E-state index in [2.05, 4.69) is 20.4 Å². The van der Waals surface area contributed by atoms with Crippen molar-refractivity contribution >= 4 is 28.1 Å². The number of rotatable bonds is 3. The Labute approximate surface area is 142 Å². The maximum Gasteiger partial charge on any atom is 0.276 e. The van der Waals surface area contributed by atoms with Gasteiger partial charge in [-0.15, -0.1) is 0 Å². The summed E-state index contributed by atoms with van der Waals surface area (Å²) in [7, 11) is 0. The van der Waals surface area contributed by atoms with Crippen molar-refractivity contribution in [1.82, 2.24) is 19.6 Å². The Kier molecular flexibility index (Phi) is 3.53. The van der Waals surface area contributed by atoms with Gasteiger partial charge in [-0.1, -0.05) is 6.07 Å². The molecule has 1 amide bonds. The lowest BCUT2D eigenvalue weighted by Crippen LogP contribution is -2.26. The monoisotopic (exact) mass is 333 g/mol. The Balaban J connectivity index is 1.60. The lowest BCUT2D eigenvalue weighted by molar-refractivity contribution is -0.115. The van der Waals surface area contributed by atoms with Gasteiger partial charge in [0.25, 0.3) is 5.56 Å². The number of anilines is 1. The van der Waals surface area contributed by atoms with E-state index in [0.717, 1.165) is 10.9 Å². The molecule has 0 saturated carbocycles. The van der Waals surface area contributed by atoms with E-state index >= 15 is 0 Å². The van der Waals surface area contributed by atoms with Crippen molar-refractivity contribution in [3.05, 3.63) is 70.4 Å². The molecule has 0 fully saturated rings. The van der Waals surface area contributed by atoms with Crippen LogP contribution in [0.2, 0.25) is 0 Å². The molecule has 3 aromatic heterocycles. The Hall–Kier alpha value is -3.48. The van der Waals surface area contributed by atoms with Gasteiger partial charge in [0, 0.05) is 40.8 Å². The number of nitrogens with zero attached hydrogens (tertiary/aromatic N) is 3. The molecule has 0 radical (unpaired) electrons. The molecule has 124 valence electrons. The van der Waals surface area contributed by atoms with Crippen LogP contribution in [0.1, 0.15) is 11.3 Å². The highest BCUT2D eigenvalue weighted by Gasteiger charge is 2.14. The van der Waals surface area contributed by atoms with Crippen LogP contribution < -0.4 is 10.9 Å². The van der Waals surface area contributed by atoms with Crippen molar-refractivity contribution in [2.75, 3.05) is 5.32 Å². The number of aromatic amines is 1. The molecule has 0 atom stereocenters. The number of aromatic nitrogens is 4. The van der Waals surface area contributed by atoms with E-state index in [1.807, 2.05) is 24.3 Å². The second-order valence-electron chi connectivity index (χ2n) is 5.77. The van der Waals surface area contributed by atoms with Gasteiger partial charge in [0.15, 0.2) is 5.65 Å². The first-order valence-electron chi connectivity index (χ1n) is 7.82. The normalized spacial score (nSPS) is 11.1. The van der Waals surface area contributed by atoms with Crippen LogP contribution in [-0.4, -0.2) is 25.5 Å². The van der Waals surface area contributed by atoms with Crippen LogP contribution in [0.4, 0.5) is 5.69 Å². The summed E-state index contributed by atoms with van der Waals surface area (Å²) in [5.41, 5.74) is 2.73. The molecule has 7 heteroatoms. The van der Waals surface area contributed by atoms with E-state index in [1.54, 1.807) is 31.5 Å². The maximum atomic E-state index is 12.5. The van der Waals surface area contributed by atoms with E-state index in [0.29, 0.717) is 22.6 Å². The number of hydrogen-bond donors (Lipinski definition) is 2. The second-order valence-corrected chi connectivity index (χ2v) is 5.77. The molecule has 0 bridgehead atoms. The standard InChI is InChI=1S/C18H15N5O2/c1-11-14(18(25)23-16(21-11)6-8-20-23)10-17(24)22-13-4-5-15-12(9-13)3-2-7-19-15/h2-9,20H,10H2,1H3,(H,22,24). The van der Waals surface area contributed by atoms with Gasteiger partial charge in [-0.05, 0) is 31.2 Å². The molecule has 4 aromatic rings. The number of carbonyl (C=O) groups excluding carboxylic acids is 1. The van der Waals surface area contributed by atoms with E-state index in [1.165, 1.54) is 4.52 Å². The van der Waals surface area contributed by atoms with Crippen LogP contribution in [0.15, 0.2) is 53.6 Å². The summed E-state index contributed by atoms with van der Waals surface area (Å²) in [6.45, 7) is 1.73. The topological polar surface area (TPSA) is 92.2 Å². The van der Waals surface area contributed by atoms with E-state index in [9.17, 15) is 9.59 Å². The highest BCUT2D eigenvalue weighted by molar-refractivity contribution is 5.94. The SMILES string of the molecule is Cc1nc2cc[nH]n2c(=O)c1CC(=O)Nc1ccc2ncccc2c1. The van der Waals surface area contributed by atoms with Crippen LogP contribution in [0, 0.1) is 6.92 Å². The van der Waals surface area contributed by atoms with Crippen molar-refractivity contribution in [1.29, 1.82) is 0 Å². The van der Waals surface area contributed by atoms with Gasteiger partial charge in [0.05, 0.1) is 11.9 Å². The minimum absolute atomic E-state index is 0.0370. The minimum Gasteiger partial charge on any atom is -0.326 e. The molecule has 0 unspecified atom stereocenters. The summed E-state index contributed by atoms with van der Waals surface area (Å²) < 4.78 is 1.33.